The standard InChI is InChI=1S/C48H85NO4.C2H6/c1-5-7-9-11-13-15-17-19-21-23-25-27-29-31-33-35-39-48(40-36-34-32-30-28-26-24-22-20-18-16-14-12-10-8-6-2)52-45-42-44(43-46(45)53-48)51-47(50)38-37-41-49(3)4;1-2/h13-16,19-22,44-46H,5-12,17-18,23-43H2,1-4H3;1-2H3/b15-13-,16-14-,21-19-,22-20-;. The van der Waals surface area contributed by atoms with E-state index >= 15 is 0 Å². The Hall–Kier alpha value is -1.69. The van der Waals surface area contributed by atoms with Crippen molar-refractivity contribution < 1.29 is 19.0 Å². The van der Waals surface area contributed by atoms with Gasteiger partial charge in [-0.1, -0.05) is 153 Å². The molecule has 5 nitrogen and oxygen atoms in total. The normalized spacial score (nSPS) is 19.4. The number of allylic oxidation sites excluding steroid dienone is 8. The van der Waals surface area contributed by atoms with Gasteiger partial charge in [-0.25, -0.2) is 0 Å². The Morgan fingerprint density at radius 3 is 1.35 bits per heavy atom. The minimum Gasteiger partial charge on any atom is -0.462 e. The molecule has 0 spiro atoms. The van der Waals surface area contributed by atoms with Gasteiger partial charge in [0, 0.05) is 32.1 Å². The number of esters is 1. The smallest absolute Gasteiger partial charge is 0.306 e. The van der Waals surface area contributed by atoms with Gasteiger partial charge in [0.2, 0.25) is 0 Å². The summed E-state index contributed by atoms with van der Waals surface area (Å²) in [4.78, 5) is 14.6. The fourth-order valence-corrected chi connectivity index (χ4v) is 7.75. The molecule has 2 rings (SSSR count). The number of fused-ring (bicyclic) bond motifs is 1. The van der Waals surface area contributed by atoms with Crippen LogP contribution in [-0.2, 0) is 19.0 Å². The highest BCUT2D eigenvalue weighted by Crippen LogP contribution is 2.44. The van der Waals surface area contributed by atoms with Gasteiger partial charge in [-0.15, -0.1) is 0 Å². The zero-order valence-corrected chi connectivity index (χ0v) is 37.4. The van der Waals surface area contributed by atoms with Crippen molar-refractivity contribution >= 4 is 5.97 Å². The molecule has 0 bridgehead atoms. The Bertz CT molecular complexity index is 920. The molecular formula is C50H91NO4. The van der Waals surface area contributed by atoms with E-state index in [4.69, 9.17) is 14.2 Å². The van der Waals surface area contributed by atoms with Crippen LogP contribution in [0.4, 0.5) is 0 Å². The van der Waals surface area contributed by atoms with Crippen LogP contribution in [0.25, 0.3) is 0 Å². The van der Waals surface area contributed by atoms with Gasteiger partial charge < -0.3 is 19.1 Å². The number of unbranched alkanes of at least 4 members (excludes halogenated alkanes) is 18. The van der Waals surface area contributed by atoms with E-state index in [1.165, 1.54) is 128 Å². The largest absolute Gasteiger partial charge is 0.462 e. The van der Waals surface area contributed by atoms with Crippen LogP contribution in [0.1, 0.15) is 220 Å². The number of carbonyl (C=O) groups is 1. The van der Waals surface area contributed by atoms with Gasteiger partial charge >= 0.3 is 5.97 Å². The lowest BCUT2D eigenvalue weighted by molar-refractivity contribution is -0.196. The van der Waals surface area contributed by atoms with Gasteiger partial charge in [0.05, 0.1) is 12.2 Å². The molecule has 1 heterocycles. The first-order chi connectivity index (χ1) is 27.0. The van der Waals surface area contributed by atoms with Crippen molar-refractivity contribution in [2.75, 3.05) is 20.6 Å². The quantitative estimate of drug-likeness (QED) is 0.0365. The fourth-order valence-electron chi connectivity index (χ4n) is 7.75. The van der Waals surface area contributed by atoms with E-state index in [9.17, 15) is 4.79 Å². The highest BCUT2D eigenvalue weighted by Gasteiger charge is 2.52. The highest BCUT2D eigenvalue weighted by molar-refractivity contribution is 5.69. The molecule has 0 aromatic rings. The van der Waals surface area contributed by atoms with E-state index in [0.29, 0.717) is 6.42 Å². The van der Waals surface area contributed by atoms with Crippen molar-refractivity contribution in [1.29, 1.82) is 0 Å². The summed E-state index contributed by atoms with van der Waals surface area (Å²) < 4.78 is 19.5. The van der Waals surface area contributed by atoms with Crippen LogP contribution in [0.3, 0.4) is 0 Å². The molecule has 0 aromatic heterocycles. The minimum atomic E-state index is -0.444. The third kappa shape index (κ3) is 28.4. The van der Waals surface area contributed by atoms with Crippen LogP contribution in [-0.4, -0.2) is 55.6 Å². The molecule has 0 radical (unpaired) electrons. The zero-order chi connectivity index (χ0) is 40.1. The fraction of sp³-hybridized carbons (Fsp3) is 0.820. The second kappa shape index (κ2) is 36.6. The molecule has 0 amide bonds. The average molecular weight is 770 g/mol. The third-order valence-corrected chi connectivity index (χ3v) is 10.9. The van der Waals surface area contributed by atoms with Gasteiger partial charge in [-0.2, -0.15) is 0 Å². The van der Waals surface area contributed by atoms with Crippen LogP contribution >= 0.6 is 0 Å². The summed E-state index contributed by atoms with van der Waals surface area (Å²) in [6, 6.07) is 0. The predicted molar refractivity (Wildman–Crippen MR) is 239 cm³/mol. The van der Waals surface area contributed by atoms with Gasteiger partial charge in [-0.05, 0) is 104 Å². The first kappa shape index (κ1) is 51.3. The second-order valence-corrected chi connectivity index (χ2v) is 16.4. The van der Waals surface area contributed by atoms with E-state index < -0.39 is 5.79 Å². The molecule has 2 fully saturated rings. The van der Waals surface area contributed by atoms with Crippen molar-refractivity contribution in [3.8, 4) is 0 Å². The minimum absolute atomic E-state index is 0.0591. The number of hydrogen-bond donors (Lipinski definition) is 0. The summed E-state index contributed by atoms with van der Waals surface area (Å²) >= 11 is 0. The molecule has 0 aromatic carbocycles. The molecule has 320 valence electrons. The number of ether oxygens (including phenoxy) is 3. The number of carbonyl (C=O) groups excluding carboxylic acids is 1. The maximum absolute atomic E-state index is 12.4. The van der Waals surface area contributed by atoms with Crippen LogP contribution in [0.2, 0.25) is 0 Å². The predicted octanol–water partition coefficient (Wildman–Crippen LogP) is 14.9. The van der Waals surface area contributed by atoms with Gasteiger partial charge in [0.1, 0.15) is 6.10 Å². The summed E-state index contributed by atoms with van der Waals surface area (Å²) in [5.74, 6) is -0.522. The van der Waals surface area contributed by atoms with Gasteiger partial charge in [-0.3, -0.25) is 4.79 Å². The molecule has 2 atom stereocenters. The Balaban J connectivity index is 0.00000743. The number of hydrogen-bond acceptors (Lipinski definition) is 5. The van der Waals surface area contributed by atoms with Crippen molar-refractivity contribution in [2.45, 2.75) is 244 Å². The van der Waals surface area contributed by atoms with Gasteiger partial charge in [0.15, 0.2) is 5.79 Å². The Morgan fingerprint density at radius 2 is 0.945 bits per heavy atom. The van der Waals surface area contributed by atoms with Crippen molar-refractivity contribution in [3.63, 3.8) is 0 Å². The molecule has 1 aliphatic carbocycles. The number of rotatable bonds is 35. The van der Waals surface area contributed by atoms with Crippen LogP contribution in [0.5, 0.6) is 0 Å². The third-order valence-electron chi connectivity index (χ3n) is 10.9. The summed E-state index contributed by atoms with van der Waals surface area (Å²) in [6.45, 7) is 9.43. The Morgan fingerprint density at radius 1 is 0.564 bits per heavy atom. The van der Waals surface area contributed by atoms with Crippen molar-refractivity contribution in [2.24, 2.45) is 0 Å². The van der Waals surface area contributed by atoms with E-state index in [1.807, 2.05) is 27.9 Å². The lowest BCUT2D eigenvalue weighted by Gasteiger charge is -2.30. The van der Waals surface area contributed by atoms with E-state index in [0.717, 1.165) is 64.3 Å². The maximum Gasteiger partial charge on any atom is 0.306 e. The molecule has 1 aliphatic heterocycles. The van der Waals surface area contributed by atoms with E-state index in [-0.39, 0.29) is 24.3 Å². The topological polar surface area (TPSA) is 48.0 Å². The van der Waals surface area contributed by atoms with Crippen molar-refractivity contribution in [1.82, 2.24) is 4.90 Å². The lowest BCUT2D eigenvalue weighted by Crippen LogP contribution is -2.33. The van der Waals surface area contributed by atoms with Gasteiger partial charge in [0.25, 0.3) is 0 Å². The monoisotopic (exact) mass is 770 g/mol. The zero-order valence-electron chi connectivity index (χ0n) is 37.4. The molecule has 2 unspecified atom stereocenters. The van der Waals surface area contributed by atoms with E-state index in [2.05, 4.69) is 67.4 Å². The summed E-state index contributed by atoms with van der Waals surface area (Å²) in [7, 11) is 4.08. The van der Waals surface area contributed by atoms with Crippen LogP contribution in [0, 0.1) is 0 Å². The molecule has 0 N–H and O–H groups in total. The highest BCUT2D eigenvalue weighted by atomic mass is 16.8. The first-order valence-corrected chi connectivity index (χ1v) is 23.8. The molecular weight excluding hydrogens is 679 g/mol. The number of nitrogens with zero attached hydrogens (tertiary/aromatic N) is 1. The summed E-state index contributed by atoms with van der Waals surface area (Å²) in [5, 5.41) is 0. The van der Waals surface area contributed by atoms with E-state index in [1.54, 1.807) is 0 Å². The molecule has 2 aliphatic rings. The SMILES string of the molecule is CC.CCCCC/C=C\C/C=C\CCCCCCCCC1(CCCCCCCC/C=C\C/C=C\CCCCC)OC2CC(OC(=O)CCCN(C)C)CC2O1. The molecule has 55 heavy (non-hydrogen) atoms. The lowest BCUT2D eigenvalue weighted by atomic mass is 9.98. The van der Waals surface area contributed by atoms with Crippen LogP contribution in [0.15, 0.2) is 48.6 Å². The van der Waals surface area contributed by atoms with Crippen LogP contribution < -0.4 is 0 Å². The Labute approximate surface area is 342 Å². The molecule has 1 saturated heterocycles. The average Bonchev–Trinajstić information content (AvgIpc) is 3.70. The summed E-state index contributed by atoms with van der Waals surface area (Å²) in [6.07, 6.45) is 53.9. The van der Waals surface area contributed by atoms with Crippen molar-refractivity contribution in [3.05, 3.63) is 48.6 Å². The molecule has 1 saturated carbocycles. The molecule has 5 heteroatoms. The summed E-state index contributed by atoms with van der Waals surface area (Å²) in [5.41, 5.74) is 0. The Kier molecular flexibility index (Phi) is 34.2. The maximum atomic E-state index is 12.4. The first-order valence-electron chi connectivity index (χ1n) is 23.8. The second-order valence-electron chi connectivity index (χ2n) is 16.4.